The second kappa shape index (κ2) is 14.1. The van der Waals surface area contributed by atoms with Crippen molar-refractivity contribution in [2.45, 2.75) is 45.7 Å². The molecule has 0 bridgehead atoms. The number of rotatable bonds is 9. The summed E-state index contributed by atoms with van der Waals surface area (Å²) in [7, 11) is 2.07. The molecule has 0 amide bonds. The molecule has 28 heavy (non-hydrogen) atoms. The fourth-order valence-corrected chi connectivity index (χ4v) is 3.44. The molecule has 7 heteroatoms. The van der Waals surface area contributed by atoms with Gasteiger partial charge in [0.05, 0.1) is 6.54 Å². The number of nitrogens with zero attached hydrogens (tertiary/aromatic N) is 3. The lowest BCUT2D eigenvalue weighted by atomic mass is 10.1. The van der Waals surface area contributed by atoms with Gasteiger partial charge in [-0.05, 0) is 57.5 Å². The van der Waals surface area contributed by atoms with Crippen molar-refractivity contribution in [2.75, 3.05) is 46.3 Å². The van der Waals surface area contributed by atoms with Gasteiger partial charge in [-0.1, -0.05) is 19.1 Å². The minimum absolute atomic E-state index is 0. The van der Waals surface area contributed by atoms with E-state index in [4.69, 9.17) is 4.99 Å². The van der Waals surface area contributed by atoms with Gasteiger partial charge in [0.2, 0.25) is 0 Å². The minimum Gasteiger partial charge on any atom is -0.357 e. The van der Waals surface area contributed by atoms with Crippen LogP contribution in [0.2, 0.25) is 0 Å². The summed E-state index contributed by atoms with van der Waals surface area (Å²) in [6.45, 7) is 11.2. The molecule has 1 heterocycles. The van der Waals surface area contributed by atoms with Gasteiger partial charge in [-0.25, -0.2) is 4.39 Å². The van der Waals surface area contributed by atoms with Crippen LogP contribution in [-0.4, -0.2) is 68.1 Å². The van der Waals surface area contributed by atoms with Gasteiger partial charge in [-0.3, -0.25) is 4.99 Å². The van der Waals surface area contributed by atoms with E-state index in [1.54, 1.807) is 0 Å². The van der Waals surface area contributed by atoms with Crippen LogP contribution in [0.3, 0.4) is 0 Å². The predicted molar refractivity (Wildman–Crippen MR) is 127 cm³/mol. The third-order valence-electron chi connectivity index (χ3n) is 4.93. The van der Waals surface area contributed by atoms with E-state index >= 15 is 0 Å². The first kappa shape index (κ1) is 25.1. The Morgan fingerprint density at radius 2 is 1.89 bits per heavy atom. The lowest BCUT2D eigenvalue weighted by molar-refractivity contribution is 0.206. The van der Waals surface area contributed by atoms with Crippen LogP contribution in [0.15, 0.2) is 29.3 Å². The van der Waals surface area contributed by atoms with Crippen LogP contribution in [0.5, 0.6) is 0 Å². The first-order chi connectivity index (χ1) is 13.1. The van der Waals surface area contributed by atoms with E-state index in [1.807, 2.05) is 12.1 Å². The zero-order valence-corrected chi connectivity index (χ0v) is 19.9. The molecule has 0 saturated carbocycles. The highest BCUT2D eigenvalue weighted by atomic mass is 127. The molecule has 2 N–H and O–H groups in total. The summed E-state index contributed by atoms with van der Waals surface area (Å²) in [5.41, 5.74) is 1.12. The predicted octanol–water partition coefficient (Wildman–Crippen LogP) is 3.31. The van der Waals surface area contributed by atoms with Crippen molar-refractivity contribution in [1.82, 2.24) is 20.4 Å². The SMILES string of the molecule is CCCN1CCC(NC(=NCCN(C)Cc2ccc(F)cc2)NCC)CC1.I. The Labute approximate surface area is 187 Å². The molecule has 1 fully saturated rings. The van der Waals surface area contributed by atoms with Crippen molar-refractivity contribution in [1.29, 1.82) is 0 Å². The van der Waals surface area contributed by atoms with Gasteiger partial charge in [0.25, 0.3) is 0 Å². The van der Waals surface area contributed by atoms with Gasteiger partial charge in [-0.2, -0.15) is 0 Å². The van der Waals surface area contributed by atoms with Crippen molar-refractivity contribution >= 4 is 29.9 Å². The summed E-state index contributed by atoms with van der Waals surface area (Å²) in [5, 5.41) is 6.96. The maximum absolute atomic E-state index is 13.0. The average molecular weight is 505 g/mol. The van der Waals surface area contributed by atoms with Crippen molar-refractivity contribution in [3.05, 3.63) is 35.6 Å². The van der Waals surface area contributed by atoms with Gasteiger partial charge >= 0.3 is 0 Å². The molecule has 160 valence electrons. The Kier molecular flexibility index (Phi) is 12.7. The molecule has 1 aromatic carbocycles. The topological polar surface area (TPSA) is 42.9 Å². The Bertz CT molecular complexity index is 558. The van der Waals surface area contributed by atoms with Gasteiger partial charge in [0, 0.05) is 38.8 Å². The second-order valence-corrected chi connectivity index (χ2v) is 7.39. The van der Waals surface area contributed by atoms with Crippen molar-refractivity contribution in [3.63, 3.8) is 0 Å². The fourth-order valence-electron chi connectivity index (χ4n) is 3.44. The van der Waals surface area contributed by atoms with E-state index < -0.39 is 0 Å². The summed E-state index contributed by atoms with van der Waals surface area (Å²) in [6, 6.07) is 7.21. The molecule has 1 aliphatic rings. The second-order valence-electron chi connectivity index (χ2n) is 7.39. The molecule has 1 aliphatic heterocycles. The maximum Gasteiger partial charge on any atom is 0.191 e. The van der Waals surface area contributed by atoms with Crippen LogP contribution >= 0.6 is 24.0 Å². The third kappa shape index (κ3) is 9.52. The highest BCUT2D eigenvalue weighted by Crippen LogP contribution is 2.10. The molecule has 1 saturated heterocycles. The molecule has 0 aliphatic carbocycles. The number of likely N-dealkylation sites (tertiary alicyclic amines) is 1. The van der Waals surface area contributed by atoms with Gasteiger partial charge in [0.15, 0.2) is 5.96 Å². The zero-order valence-electron chi connectivity index (χ0n) is 17.6. The number of likely N-dealkylation sites (N-methyl/N-ethyl adjacent to an activating group) is 1. The quantitative estimate of drug-likeness (QED) is 0.307. The summed E-state index contributed by atoms with van der Waals surface area (Å²) >= 11 is 0. The number of piperidine rings is 1. The monoisotopic (exact) mass is 505 g/mol. The summed E-state index contributed by atoms with van der Waals surface area (Å²) < 4.78 is 13.0. The molecule has 2 rings (SSSR count). The molecular formula is C21H37FIN5. The average Bonchev–Trinajstić information content (AvgIpc) is 2.65. The fraction of sp³-hybridized carbons (Fsp3) is 0.667. The van der Waals surface area contributed by atoms with E-state index in [-0.39, 0.29) is 29.8 Å². The molecule has 5 nitrogen and oxygen atoms in total. The smallest absolute Gasteiger partial charge is 0.191 e. The Morgan fingerprint density at radius 1 is 1.21 bits per heavy atom. The van der Waals surface area contributed by atoms with Gasteiger partial charge in [-0.15, -0.1) is 24.0 Å². The first-order valence-corrected chi connectivity index (χ1v) is 10.3. The summed E-state index contributed by atoms with van der Waals surface area (Å²) in [5.74, 6) is 0.731. The van der Waals surface area contributed by atoms with Crippen LogP contribution < -0.4 is 10.6 Å². The summed E-state index contributed by atoms with van der Waals surface area (Å²) in [6.07, 6.45) is 3.58. The van der Waals surface area contributed by atoms with Gasteiger partial charge < -0.3 is 20.4 Å². The van der Waals surface area contributed by atoms with Crippen LogP contribution in [0.25, 0.3) is 0 Å². The Balaban J connectivity index is 0.00000392. The van der Waals surface area contributed by atoms with E-state index in [0.29, 0.717) is 6.04 Å². The van der Waals surface area contributed by atoms with Crippen molar-refractivity contribution in [2.24, 2.45) is 4.99 Å². The lowest BCUT2D eigenvalue weighted by Crippen LogP contribution is -2.49. The van der Waals surface area contributed by atoms with Crippen LogP contribution in [0.1, 0.15) is 38.7 Å². The minimum atomic E-state index is -0.187. The molecule has 0 aromatic heterocycles. The van der Waals surface area contributed by atoms with E-state index in [2.05, 4.69) is 41.3 Å². The largest absolute Gasteiger partial charge is 0.357 e. The lowest BCUT2D eigenvalue weighted by Gasteiger charge is -2.32. The molecule has 0 radical (unpaired) electrons. The standard InChI is InChI=1S/C21H36FN5.HI/c1-4-13-27-14-10-20(11-15-27)25-21(23-5-2)24-12-16-26(3)17-18-6-8-19(22)9-7-18;/h6-9,20H,4-5,10-17H2,1-3H3,(H2,23,24,25);1H. The maximum atomic E-state index is 13.0. The Morgan fingerprint density at radius 3 is 2.50 bits per heavy atom. The molecule has 0 unspecified atom stereocenters. The number of aliphatic imine (C=N–C) groups is 1. The number of nitrogens with one attached hydrogen (secondary N) is 2. The van der Waals surface area contributed by atoms with Crippen molar-refractivity contribution in [3.8, 4) is 0 Å². The summed E-state index contributed by atoms with van der Waals surface area (Å²) in [4.78, 5) is 9.50. The number of hydrogen-bond donors (Lipinski definition) is 2. The number of hydrogen-bond acceptors (Lipinski definition) is 3. The van der Waals surface area contributed by atoms with Crippen molar-refractivity contribution < 1.29 is 4.39 Å². The van der Waals surface area contributed by atoms with Gasteiger partial charge in [0.1, 0.15) is 5.82 Å². The van der Waals surface area contributed by atoms with Crippen LogP contribution in [0, 0.1) is 5.82 Å². The third-order valence-corrected chi connectivity index (χ3v) is 4.93. The van der Waals surface area contributed by atoms with E-state index in [0.717, 1.165) is 37.7 Å². The highest BCUT2D eigenvalue weighted by molar-refractivity contribution is 14.0. The molecular weight excluding hydrogens is 468 g/mol. The molecule has 1 aromatic rings. The number of halogens is 2. The zero-order chi connectivity index (χ0) is 19.5. The molecule has 0 atom stereocenters. The van der Waals surface area contributed by atoms with E-state index in [9.17, 15) is 4.39 Å². The highest BCUT2D eigenvalue weighted by Gasteiger charge is 2.19. The number of guanidine groups is 1. The first-order valence-electron chi connectivity index (χ1n) is 10.3. The number of benzene rings is 1. The normalized spacial score (nSPS) is 16.1. The van der Waals surface area contributed by atoms with Crippen LogP contribution in [0.4, 0.5) is 4.39 Å². The van der Waals surface area contributed by atoms with Crippen LogP contribution in [-0.2, 0) is 6.54 Å². The Hall–Kier alpha value is -0.930. The van der Waals surface area contributed by atoms with E-state index in [1.165, 1.54) is 51.0 Å². The molecule has 0 spiro atoms.